The third-order valence-electron chi connectivity index (χ3n) is 2.56. The van der Waals surface area contributed by atoms with Crippen LogP contribution in [0.15, 0.2) is 4.40 Å². The molecular formula is C12H23NS. The number of rotatable bonds is 3. The molecule has 0 heterocycles. The lowest BCUT2D eigenvalue weighted by atomic mass is 9.66. The molecule has 0 aromatic heterocycles. The average molecular weight is 213 g/mol. The van der Waals surface area contributed by atoms with E-state index in [1.54, 1.807) is 11.9 Å². The summed E-state index contributed by atoms with van der Waals surface area (Å²) < 4.78 is 4.88. The van der Waals surface area contributed by atoms with Gasteiger partial charge in [-0.3, -0.25) is 0 Å². The Labute approximate surface area is 92.9 Å². The molecule has 0 amide bonds. The van der Waals surface area contributed by atoms with Crippen LogP contribution in [0.25, 0.3) is 0 Å². The minimum atomic E-state index is 0.268. The van der Waals surface area contributed by atoms with Crippen molar-refractivity contribution in [3.63, 3.8) is 0 Å². The van der Waals surface area contributed by atoms with E-state index in [1.165, 1.54) is 31.4 Å². The molecule has 1 aliphatic carbocycles. The standard InChI is InChI=1S/C12H23NS/c1-6-7-12(5)8-10(9-12)13-14-11(2,3)4/h6-9H2,1-5H3. The molecule has 1 nitrogen and oxygen atoms in total. The Hall–Kier alpha value is 0.0200. The Balaban J connectivity index is 2.33. The Morgan fingerprint density at radius 2 is 1.93 bits per heavy atom. The van der Waals surface area contributed by atoms with Crippen LogP contribution in [0, 0.1) is 5.41 Å². The second-order valence-electron chi connectivity index (χ2n) is 5.78. The summed E-state index contributed by atoms with van der Waals surface area (Å²) in [4.78, 5) is 0. The van der Waals surface area contributed by atoms with Crippen molar-refractivity contribution in [1.82, 2.24) is 0 Å². The molecular weight excluding hydrogens is 190 g/mol. The zero-order valence-corrected chi connectivity index (χ0v) is 11.0. The fourth-order valence-electron chi connectivity index (χ4n) is 1.98. The van der Waals surface area contributed by atoms with E-state index >= 15 is 0 Å². The van der Waals surface area contributed by atoms with Gasteiger partial charge in [0.15, 0.2) is 0 Å². The van der Waals surface area contributed by atoms with E-state index in [1.807, 2.05) is 0 Å². The molecule has 0 bridgehead atoms. The van der Waals surface area contributed by atoms with Crippen molar-refractivity contribution in [3.05, 3.63) is 0 Å². The second-order valence-corrected chi connectivity index (χ2v) is 7.37. The van der Waals surface area contributed by atoms with Crippen molar-refractivity contribution in [2.45, 2.75) is 65.0 Å². The summed E-state index contributed by atoms with van der Waals surface area (Å²) in [5.41, 5.74) is 1.99. The summed E-state index contributed by atoms with van der Waals surface area (Å²) in [6.45, 7) is 11.3. The zero-order chi connectivity index (χ0) is 10.8. The highest BCUT2D eigenvalue weighted by Gasteiger charge is 2.36. The molecule has 1 saturated carbocycles. The smallest absolute Gasteiger partial charge is 0.0294 e. The first kappa shape index (κ1) is 12.1. The summed E-state index contributed by atoms with van der Waals surface area (Å²) in [5, 5.41) is 0. The topological polar surface area (TPSA) is 12.4 Å². The van der Waals surface area contributed by atoms with Crippen molar-refractivity contribution in [3.8, 4) is 0 Å². The van der Waals surface area contributed by atoms with Crippen LogP contribution in [0.1, 0.15) is 60.3 Å². The van der Waals surface area contributed by atoms with E-state index in [0.717, 1.165) is 0 Å². The van der Waals surface area contributed by atoms with Crippen molar-refractivity contribution < 1.29 is 0 Å². The molecule has 2 heteroatoms. The molecule has 0 aromatic rings. The van der Waals surface area contributed by atoms with Gasteiger partial charge >= 0.3 is 0 Å². The monoisotopic (exact) mass is 213 g/mol. The molecule has 0 saturated heterocycles. The first-order valence-corrected chi connectivity index (χ1v) is 6.36. The predicted molar refractivity (Wildman–Crippen MR) is 67.0 cm³/mol. The van der Waals surface area contributed by atoms with Crippen LogP contribution in [0.4, 0.5) is 0 Å². The van der Waals surface area contributed by atoms with Gasteiger partial charge in [-0.1, -0.05) is 20.3 Å². The minimum Gasteiger partial charge on any atom is -0.225 e. The van der Waals surface area contributed by atoms with Crippen molar-refractivity contribution >= 4 is 17.7 Å². The predicted octanol–water partition coefficient (Wildman–Crippen LogP) is 4.47. The van der Waals surface area contributed by atoms with Gasteiger partial charge in [-0.05, 0) is 57.4 Å². The van der Waals surface area contributed by atoms with Crippen LogP contribution in [0.2, 0.25) is 0 Å². The second kappa shape index (κ2) is 4.26. The fourth-order valence-corrected chi connectivity index (χ4v) is 2.51. The minimum absolute atomic E-state index is 0.268. The summed E-state index contributed by atoms with van der Waals surface area (Å²) in [6.07, 6.45) is 5.11. The highest BCUT2D eigenvalue weighted by Crippen LogP contribution is 2.43. The van der Waals surface area contributed by atoms with Crippen LogP contribution >= 0.6 is 11.9 Å². The van der Waals surface area contributed by atoms with Crippen LogP contribution in [0.5, 0.6) is 0 Å². The molecule has 0 aromatic carbocycles. The summed E-state index contributed by atoms with van der Waals surface area (Å²) in [6, 6.07) is 0. The van der Waals surface area contributed by atoms with E-state index in [4.69, 9.17) is 0 Å². The van der Waals surface area contributed by atoms with Crippen LogP contribution in [-0.2, 0) is 0 Å². The molecule has 1 fully saturated rings. The van der Waals surface area contributed by atoms with E-state index in [9.17, 15) is 0 Å². The normalized spacial score (nSPS) is 27.4. The van der Waals surface area contributed by atoms with Crippen LogP contribution in [-0.4, -0.2) is 10.5 Å². The summed E-state index contributed by atoms with van der Waals surface area (Å²) in [5.74, 6) is 0. The Morgan fingerprint density at radius 1 is 1.36 bits per heavy atom. The lowest BCUT2D eigenvalue weighted by Crippen LogP contribution is -2.34. The third-order valence-corrected chi connectivity index (χ3v) is 3.46. The van der Waals surface area contributed by atoms with Crippen molar-refractivity contribution in [1.29, 1.82) is 0 Å². The largest absolute Gasteiger partial charge is 0.225 e. The lowest BCUT2D eigenvalue weighted by Gasteiger charge is -2.39. The highest BCUT2D eigenvalue weighted by atomic mass is 32.2. The van der Waals surface area contributed by atoms with Crippen molar-refractivity contribution in [2.75, 3.05) is 0 Å². The molecule has 1 rings (SSSR count). The fraction of sp³-hybridized carbons (Fsp3) is 0.917. The van der Waals surface area contributed by atoms with Gasteiger partial charge < -0.3 is 0 Å². The molecule has 0 radical (unpaired) electrons. The first-order valence-electron chi connectivity index (χ1n) is 5.59. The molecule has 14 heavy (non-hydrogen) atoms. The highest BCUT2D eigenvalue weighted by molar-refractivity contribution is 7.99. The SMILES string of the molecule is CCCC1(C)CC(=NSC(C)(C)C)C1. The quantitative estimate of drug-likeness (QED) is 0.630. The molecule has 0 unspecified atom stereocenters. The zero-order valence-electron chi connectivity index (χ0n) is 10.2. The Morgan fingerprint density at radius 3 is 2.36 bits per heavy atom. The Bertz CT molecular complexity index is 217. The number of hydrogen-bond donors (Lipinski definition) is 0. The van der Waals surface area contributed by atoms with E-state index in [0.29, 0.717) is 5.41 Å². The molecule has 0 N–H and O–H groups in total. The van der Waals surface area contributed by atoms with Crippen LogP contribution in [0.3, 0.4) is 0 Å². The molecule has 0 aliphatic heterocycles. The van der Waals surface area contributed by atoms with Crippen LogP contribution < -0.4 is 0 Å². The lowest BCUT2D eigenvalue weighted by molar-refractivity contribution is 0.271. The van der Waals surface area contributed by atoms with Gasteiger partial charge in [0.2, 0.25) is 0 Å². The maximum Gasteiger partial charge on any atom is 0.0294 e. The maximum atomic E-state index is 4.61. The van der Waals surface area contributed by atoms with E-state index in [-0.39, 0.29) is 4.75 Å². The van der Waals surface area contributed by atoms with Gasteiger partial charge in [-0.15, -0.1) is 0 Å². The molecule has 82 valence electrons. The summed E-state index contributed by atoms with van der Waals surface area (Å²) >= 11 is 1.72. The van der Waals surface area contributed by atoms with Gasteiger partial charge in [0.25, 0.3) is 0 Å². The van der Waals surface area contributed by atoms with Crippen molar-refractivity contribution in [2.24, 2.45) is 9.81 Å². The number of nitrogens with zero attached hydrogens (tertiary/aromatic N) is 1. The molecule has 0 spiro atoms. The molecule has 0 atom stereocenters. The Kier molecular flexibility index (Phi) is 3.68. The summed E-state index contributed by atoms with van der Waals surface area (Å²) in [7, 11) is 0. The third kappa shape index (κ3) is 3.64. The van der Waals surface area contributed by atoms with Gasteiger partial charge in [-0.2, -0.15) is 0 Å². The number of hydrogen-bond acceptors (Lipinski definition) is 2. The maximum absolute atomic E-state index is 4.61. The average Bonchev–Trinajstić information content (AvgIpc) is 1.95. The van der Waals surface area contributed by atoms with Gasteiger partial charge in [0.1, 0.15) is 0 Å². The van der Waals surface area contributed by atoms with Gasteiger partial charge in [-0.25, -0.2) is 4.40 Å². The van der Waals surface area contributed by atoms with Gasteiger partial charge in [0, 0.05) is 10.5 Å². The van der Waals surface area contributed by atoms with Gasteiger partial charge in [0.05, 0.1) is 0 Å². The van der Waals surface area contributed by atoms with E-state index < -0.39 is 0 Å². The first-order chi connectivity index (χ1) is 6.35. The van der Waals surface area contributed by atoms with E-state index in [2.05, 4.69) is 39.0 Å². The molecule has 1 aliphatic rings.